The summed E-state index contributed by atoms with van der Waals surface area (Å²) in [4.78, 5) is 38.0. The number of ether oxygens (including phenoxy) is 2. The van der Waals surface area contributed by atoms with Gasteiger partial charge in [0.05, 0.1) is 6.61 Å². The van der Waals surface area contributed by atoms with Crippen molar-refractivity contribution >= 4 is 18.0 Å². The molecule has 0 unspecified atom stereocenters. The Kier molecular flexibility index (Phi) is 8.11. The lowest BCUT2D eigenvalue weighted by molar-refractivity contribution is -0.122. The second kappa shape index (κ2) is 11.0. The Morgan fingerprint density at radius 2 is 1.67 bits per heavy atom. The van der Waals surface area contributed by atoms with Crippen LogP contribution < -0.4 is 10.1 Å². The van der Waals surface area contributed by atoms with Crippen molar-refractivity contribution in [1.29, 1.82) is 0 Å². The summed E-state index contributed by atoms with van der Waals surface area (Å²) < 4.78 is 9.75. The fourth-order valence-electron chi connectivity index (χ4n) is 4.24. The Balaban J connectivity index is 1.39. The molecule has 1 saturated heterocycles. The Labute approximate surface area is 178 Å². The van der Waals surface area contributed by atoms with E-state index < -0.39 is 6.16 Å². The molecule has 7 heteroatoms. The molecule has 0 radical (unpaired) electrons. The summed E-state index contributed by atoms with van der Waals surface area (Å²) >= 11 is 0. The van der Waals surface area contributed by atoms with Crippen LogP contribution in [-0.2, 0) is 9.53 Å². The van der Waals surface area contributed by atoms with Crippen LogP contribution in [0.4, 0.5) is 4.79 Å². The van der Waals surface area contributed by atoms with Crippen molar-refractivity contribution in [3.8, 4) is 5.75 Å². The molecule has 7 nitrogen and oxygen atoms in total. The van der Waals surface area contributed by atoms with E-state index in [9.17, 15) is 14.4 Å². The summed E-state index contributed by atoms with van der Waals surface area (Å²) in [6, 6.07) is 6.51. The van der Waals surface area contributed by atoms with E-state index in [1.165, 1.54) is 25.7 Å². The maximum absolute atomic E-state index is 12.7. The van der Waals surface area contributed by atoms with Crippen LogP contribution in [0.2, 0.25) is 0 Å². The molecule has 164 valence electrons. The summed E-state index contributed by atoms with van der Waals surface area (Å²) in [5, 5.41) is 3.09. The van der Waals surface area contributed by atoms with E-state index in [-0.39, 0.29) is 18.4 Å². The summed E-state index contributed by atoms with van der Waals surface area (Å²) in [5.74, 6) is 1.48. The molecule has 1 aliphatic carbocycles. The highest BCUT2D eigenvalue weighted by Gasteiger charge is 2.25. The predicted molar refractivity (Wildman–Crippen MR) is 112 cm³/mol. The number of carbonyl (C=O) groups is 3. The zero-order valence-corrected chi connectivity index (χ0v) is 17.7. The summed E-state index contributed by atoms with van der Waals surface area (Å²) in [5.41, 5.74) is 0.564. The first-order valence-corrected chi connectivity index (χ1v) is 11.1. The summed E-state index contributed by atoms with van der Waals surface area (Å²) in [6.45, 7) is 4.02. The molecule has 1 heterocycles. The van der Waals surface area contributed by atoms with Gasteiger partial charge in [0.2, 0.25) is 5.91 Å². The Morgan fingerprint density at radius 3 is 2.30 bits per heavy atom. The second-order valence-corrected chi connectivity index (χ2v) is 8.20. The minimum absolute atomic E-state index is 0.0265. The van der Waals surface area contributed by atoms with Gasteiger partial charge < -0.3 is 19.7 Å². The number of hydrogen-bond donors (Lipinski definition) is 1. The van der Waals surface area contributed by atoms with E-state index in [1.54, 1.807) is 31.2 Å². The first-order valence-electron chi connectivity index (χ1n) is 11.1. The largest absolute Gasteiger partial charge is 0.513 e. The van der Waals surface area contributed by atoms with Crippen molar-refractivity contribution < 1.29 is 23.9 Å². The van der Waals surface area contributed by atoms with E-state index in [0.29, 0.717) is 49.2 Å². The molecule has 2 fully saturated rings. The topological polar surface area (TPSA) is 84.9 Å². The molecule has 0 aromatic heterocycles. The van der Waals surface area contributed by atoms with Crippen LogP contribution in [0.15, 0.2) is 24.3 Å². The predicted octanol–water partition coefficient (Wildman–Crippen LogP) is 3.77. The molecule has 2 aliphatic rings. The summed E-state index contributed by atoms with van der Waals surface area (Å²) in [6.07, 6.45) is 6.56. The number of amides is 2. The number of nitrogens with one attached hydrogen (secondary N) is 1. The van der Waals surface area contributed by atoms with Crippen molar-refractivity contribution in [2.75, 3.05) is 26.2 Å². The SMILES string of the molecule is CCOC(=O)Oc1ccc(C(=O)N2CCC(CNC(=O)CC3CCCC3)CC2)cc1. The fourth-order valence-corrected chi connectivity index (χ4v) is 4.24. The molecule has 1 aromatic rings. The number of carbonyl (C=O) groups excluding carboxylic acids is 3. The lowest BCUT2D eigenvalue weighted by atomic mass is 9.96. The molecule has 0 atom stereocenters. The molecular formula is C23H32N2O5. The maximum atomic E-state index is 12.7. The van der Waals surface area contributed by atoms with Gasteiger partial charge in [-0.3, -0.25) is 9.59 Å². The number of piperidine rings is 1. The number of nitrogens with zero attached hydrogens (tertiary/aromatic N) is 1. The van der Waals surface area contributed by atoms with Crippen LogP contribution in [0, 0.1) is 11.8 Å². The van der Waals surface area contributed by atoms with Crippen LogP contribution in [0.3, 0.4) is 0 Å². The second-order valence-electron chi connectivity index (χ2n) is 8.20. The highest BCUT2D eigenvalue weighted by molar-refractivity contribution is 5.94. The van der Waals surface area contributed by atoms with Gasteiger partial charge in [0.1, 0.15) is 5.75 Å². The van der Waals surface area contributed by atoms with E-state index in [0.717, 1.165) is 12.8 Å². The van der Waals surface area contributed by atoms with Gasteiger partial charge >= 0.3 is 6.16 Å². The normalized spacial score (nSPS) is 17.6. The maximum Gasteiger partial charge on any atom is 0.513 e. The Morgan fingerprint density at radius 1 is 1.00 bits per heavy atom. The zero-order valence-electron chi connectivity index (χ0n) is 17.7. The van der Waals surface area contributed by atoms with Gasteiger partial charge in [0, 0.05) is 31.6 Å². The molecular weight excluding hydrogens is 384 g/mol. The van der Waals surface area contributed by atoms with Crippen molar-refractivity contribution in [3.05, 3.63) is 29.8 Å². The number of benzene rings is 1. The number of rotatable bonds is 7. The molecule has 0 bridgehead atoms. The lowest BCUT2D eigenvalue weighted by Crippen LogP contribution is -2.41. The minimum Gasteiger partial charge on any atom is -0.434 e. The van der Waals surface area contributed by atoms with Crippen LogP contribution >= 0.6 is 0 Å². The van der Waals surface area contributed by atoms with E-state index in [1.807, 2.05) is 4.90 Å². The Bertz CT molecular complexity index is 720. The van der Waals surface area contributed by atoms with Gasteiger partial charge in [-0.2, -0.15) is 0 Å². The highest BCUT2D eigenvalue weighted by Crippen LogP contribution is 2.27. The monoisotopic (exact) mass is 416 g/mol. The molecule has 1 aromatic carbocycles. The van der Waals surface area contributed by atoms with Gasteiger partial charge in [-0.25, -0.2) is 4.79 Å². The van der Waals surface area contributed by atoms with E-state index >= 15 is 0 Å². The first kappa shape index (κ1) is 22.1. The van der Waals surface area contributed by atoms with Gasteiger partial charge in [0.15, 0.2) is 0 Å². The zero-order chi connectivity index (χ0) is 21.3. The fraction of sp³-hybridized carbons (Fsp3) is 0.609. The molecule has 2 amide bonds. The molecule has 3 rings (SSSR count). The quantitative estimate of drug-likeness (QED) is 0.540. The average Bonchev–Trinajstić information content (AvgIpc) is 3.26. The van der Waals surface area contributed by atoms with Crippen LogP contribution in [0.1, 0.15) is 62.2 Å². The number of hydrogen-bond acceptors (Lipinski definition) is 5. The van der Waals surface area contributed by atoms with Crippen molar-refractivity contribution in [2.45, 2.75) is 51.9 Å². The third kappa shape index (κ3) is 6.47. The van der Waals surface area contributed by atoms with Crippen LogP contribution in [0.25, 0.3) is 0 Å². The molecule has 0 spiro atoms. The van der Waals surface area contributed by atoms with Crippen molar-refractivity contribution in [1.82, 2.24) is 10.2 Å². The standard InChI is InChI=1S/C23H32N2O5/c1-2-29-23(28)30-20-9-7-19(8-10-20)22(27)25-13-11-18(12-14-25)16-24-21(26)15-17-5-3-4-6-17/h7-10,17-18H,2-6,11-16H2,1H3,(H,24,26). The highest BCUT2D eigenvalue weighted by atomic mass is 16.7. The van der Waals surface area contributed by atoms with Gasteiger partial charge in [0.25, 0.3) is 5.91 Å². The smallest absolute Gasteiger partial charge is 0.434 e. The van der Waals surface area contributed by atoms with E-state index in [4.69, 9.17) is 9.47 Å². The van der Waals surface area contributed by atoms with Crippen molar-refractivity contribution in [3.63, 3.8) is 0 Å². The van der Waals surface area contributed by atoms with Crippen LogP contribution in [0.5, 0.6) is 5.75 Å². The molecule has 1 N–H and O–H groups in total. The van der Waals surface area contributed by atoms with E-state index in [2.05, 4.69) is 5.32 Å². The first-order chi connectivity index (χ1) is 14.5. The molecule has 1 aliphatic heterocycles. The molecule has 1 saturated carbocycles. The van der Waals surface area contributed by atoms with Crippen LogP contribution in [-0.4, -0.2) is 49.1 Å². The average molecular weight is 417 g/mol. The van der Waals surface area contributed by atoms with Gasteiger partial charge in [-0.15, -0.1) is 0 Å². The Hall–Kier alpha value is -2.57. The lowest BCUT2D eigenvalue weighted by Gasteiger charge is -2.32. The molecule has 30 heavy (non-hydrogen) atoms. The third-order valence-corrected chi connectivity index (χ3v) is 6.00. The summed E-state index contributed by atoms with van der Waals surface area (Å²) in [7, 11) is 0. The third-order valence-electron chi connectivity index (χ3n) is 6.00. The van der Waals surface area contributed by atoms with Crippen molar-refractivity contribution in [2.24, 2.45) is 11.8 Å². The number of likely N-dealkylation sites (tertiary alicyclic amines) is 1. The van der Waals surface area contributed by atoms with Gasteiger partial charge in [-0.1, -0.05) is 12.8 Å². The van der Waals surface area contributed by atoms with Gasteiger partial charge in [-0.05, 0) is 68.7 Å². The minimum atomic E-state index is -0.756.